The second-order valence-corrected chi connectivity index (χ2v) is 6.95. The molecule has 0 saturated carbocycles. The summed E-state index contributed by atoms with van der Waals surface area (Å²) in [7, 11) is 2.47. The minimum absolute atomic E-state index is 0.197. The van der Waals surface area contributed by atoms with Crippen molar-refractivity contribution in [3.05, 3.63) is 30.3 Å². The zero-order valence-electron chi connectivity index (χ0n) is 11.3. The Kier molecular flexibility index (Phi) is 4.86. The molecule has 0 saturated heterocycles. The molecule has 102 valence electrons. The topological polar surface area (TPSA) is 55.4 Å². The summed E-state index contributed by atoms with van der Waals surface area (Å²) in [4.78, 5) is 7.54. The van der Waals surface area contributed by atoms with Gasteiger partial charge < -0.3 is 4.48 Å². The number of likely N-dealkylation sites (N-methyl/N-ethyl adjacent to an activating group) is 1. The van der Waals surface area contributed by atoms with Crippen LogP contribution in [0.1, 0.15) is 6.92 Å². The average Bonchev–Trinajstić information content (AvgIpc) is 2.26. The van der Waals surface area contributed by atoms with Crippen LogP contribution < -0.4 is 4.89 Å². The molecule has 1 rings (SSSR count). The highest BCUT2D eigenvalue weighted by Gasteiger charge is 2.19. The molecular weight excluding hydrogens is 252 g/mol. The molecule has 1 N–H and O–H groups in total. The molecule has 0 spiro atoms. The van der Waals surface area contributed by atoms with Gasteiger partial charge in [0.1, 0.15) is 12.6 Å². The third-order valence-electron chi connectivity index (χ3n) is 2.22. The highest BCUT2D eigenvalue weighted by Crippen LogP contribution is 2.07. The van der Waals surface area contributed by atoms with Gasteiger partial charge in [-0.2, -0.15) is 0 Å². The van der Waals surface area contributed by atoms with Gasteiger partial charge in [0, 0.05) is 0 Å². The summed E-state index contributed by atoms with van der Waals surface area (Å²) in [5.74, 6) is 0. The molecule has 0 aromatic heterocycles. The molecule has 1 aromatic rings. The Morgan fingerprint density at radius 1 is 1.22 bits per heavy atom. The van der Waals surface area contributed by atoms with Gasteiger partial charge in [0.05, 0.1) is 26.0 Å². The Hall–Kier alpha value is -0.950. The molecule has 0 amide bonds. The predicted molar refractivity (Wildman–Crippen MR) is 70.2 cm³/mol. The number of hydrogen-bond donors (Lipinski definition) is 1. The van der Waals surface area contributed by atoms with Gasteiger partial charge in [0.2, 0.25) is 0 Å². The average molecular weight is 273 g/mol. The first-order chi connectivity index (χ1) is 8.21. The Bertz CT molecular complexity index is 466. The standard InChI is InChI=1S/C12H21N2O3S/c1-11(10-14(2,3)4)17-13-18(15,16)12-8-6-5-7-9-12/h5-9,11,13H,10H2,1-4H3/q+1. The Balaban J connectivity index is 2.58. The highest BCUT2D eigenvalue weighted by molar-refractivity contribution is 7.89. The van der Waals surface area contributed by atoms with E-state index in [1.807, 2.05) is 28.1 Å². The SMILES string of the molecule is CC(C[N+](C)(C)C)ONS(=O)(=O)c1ccccc1. The lowest BCUT2D eigenvalue weighted by Crippen LogP contribution is -2.43. The lowest BCUT2D eigenvalue weighted by Gasteiger charge is -2.27. The van der Waals surface area contributed by atoms with Crippen LogP contribution in [0.25, 0.3) is 0 Å². The first-order valence-electron chi connectivity index (χ1n) is 5.74. The Morgan fingerprint density at radius 2 is 1.78 bits per heavy atom. The van der Waals surface area contributed by atoms with Crippen LogP contribution in [0.4, 0.5) is 0 Å². The van der Waals surface area contributed by atoms with Crippen molar-refractivity contribution in [2.75, 3.05) is 27.7 Å². The van der Waals surface area contributed by atoms with Crippen LogP contribution in [0.5, 0.6) is 0 Å². The van der Waals surface area contributed by atoms with Crippen molar-refractivity contribution in [3.8, 4) is 0 Å². The first-order valence-corrected chi connectivity index (χ1v) is 7.22. The van der Waals surface area contributed by atoms with E-state index in [0.29, 0.717) is 11.0 Å². The van der Waals surface area contributed by atoms with E-state index in [0.717, 1.165) is 0 Å². The molecule has 0 bridgehead atoms. The summed E-state index contributed by atoms with van der Waals surface area (Å²) in [6, 6.07) is 8.15. The van der Waals surface area contributed by atoms with Crippen LogP contribution in [0.3, 0.4) is 0 Å². The second kappa shape index (κ2) is 5.79. The largest absolute Gasteiger partial charge is 0.329 e. The van der Waals surface area contributed by atoms with Gasteiger partial charge in [0.25, 0.3) is 10.0 Å². The van der Waals surface area contributed by atoms with Crippen LogP contribution in [0.2, 0.25) is 0 Å². The molecule has 0 heterocycles. The lowest BCUT2D eigenvalue weighted by atomic mass is 10.3. The van der Waals surface area contributed by atoms with E-state index in [1.165, 1.54) is 12.1 Å². The van der Waals surface area contributed by atoms with Crippen molar-refractivity contribution in [2.45, 2.75) is 17.9 Å². The summed E-state index contributed by atoms with van der Waals surface area (Å²) in [6.07, 6.45) is -0.205. The van der Waals surface area contributed by atoms with Gasteiger partial charge in [-0.1, -0.05) is 23.1 Å². The van der Waals surface area contributed by atoms with Crippen molar-refractivity contribution in [1.82, 2.24) is 4.89 Å². The number of rotatable bonds is 6. The van der Waals surface area contributed by atoms with E-state index in [1.54, 1.807) is 18.2 Å². The predicted octanol–water partition coefficient (Wildman–Crippen LogP) is 0.991. The maximum absolute atomic E-state index is 11.9. The third-order valence-corrected chi connectivity index (χ3v) is 3.43. The van der Waals surface area contributed by atoms with E-state index in [9.17, 15) is 8.42 Å². The van der Waals surface area contributed by atoms with Crippen molar-refractivity contribution in [3.63, 3.8) is 0 Å². The van der Waals surface area contributed by atoms with Crippen molar-refractivity contribution in [2.24, 2.45) is 0 Å². The van der Waals surface area contributed by atoms with Crippen LogP contribution >= 0.6 is 0 Å². The van der Waals surface area contributed by atoms with Gasteiger partial charge in [0.15, 0.2) is 0 Å². The first kappa shape index (κ1) is 15.1. The van der Waals surface area contributed by atoms with Gasteiger partial charge in [-0.15, -0.1) is 0 Å². The Morgan fingerprint density at radius 3 is 2.28 bits per heavy atom. The number of benzene rings is 1. The molecule has 0 radical (unpaired) electrons. The molecule has 6 heteroatoms. The van der Waals surface area contributed by atoms with Crippen molar-refractivity contribution < 1.29 is 17.7 Å². The zero-order valence-corrected chi connectivity index (χ0v) is 12.1. The van der Waals surface area contributed by atoms with Crippen molar-refractivity contribution >= 4 is 10.0 Å². The monoisotopic (exact) mass is 273 g/mol. The minimum atomic E-state index is -3.59. The molecule has 0 aliphatic rings. The summed E-state index contributed by atoms with van der Waals surface area (Å²) >= 11 is 0. The number of hydrogen-bond acceptors (Lipinski definition) is 3. The summed E-state index contributed by atoms with van der Waals surface area (Å²) < 4.78 is 24.4. The highest BCUT2D eigenvalue weighted by atomic mass is 32.2. The maximum atomic E-state index is 11.9. The smallest absolute Gasteiger partial charge is 0.262 e. The fraction of sp³-hybridized carbons (Fsp3) is 0.500. The van der Waals surface area contributed by atoms with Crippen molar-refractivity contribution in [1.29, 1.82) is 0 Å². The van der Waals surface area contributed by atoms with Gasteiger partial charge >= 0.3 is 0 Å². The number of sulfonamides is 1. The van der Waals surface area contributed by atoms with E-state index < -0.39 is 10.0 Å². The summed E-state index contributed by atoms with van der Waals surface area (Å²) in [5, 5.41) is 0. The maximum Gasteiger partial charge on any atom is 0.262 e. The van der Waals surface area contributed by atoms with Gasteiger partial charge in [-0.3, -0.25) is 4.84 Å². The molecular formula is C12H21N2O3S+. The fourth-order valence-electron chi connectivity index (χ4n) is 1.60. The fourth-order valence-corrected chi connectivity index (χ4v) is 2.50. The van der Waals surface area contributed by atoms with Crippen LogP contribution in [0, 0.1) is 0 Å². The normalized spacial score (nSPS) is 14.4. The van der Waals surface area contributed by atoms with Crippen LogP contribution in [-0.4, -0.2) is 46.7 Å². The van der Waals surface area contributed by atoms with E-state index in [4.69, 9.17) is 4.84 Å². The number of nitrogens with one attached hydrogen (secondary N) is 1. The van der Waals surface area contributed by atoms with Gasteiger partial charge in [-0.25, -0.2) is 8.42 Å². The molecule has 0 aliphatic carbocycles. The number of quaternary nitrogens is 1. The van der Waals surface area contributed by atoms with E-state index in [2.05, 4.69) is 4.89 Å². The molecule has 18 heavy (non-hydrogen) atoms. The lowest BCUT2D eigenvalue weighted by molar-refractivity contribution is -0.873. The van der Waals surface area contributed by atoms with Crippen LogP contribution in [-0.2, 0) is 14.9 Å². The molecule has 1 atom stereocenters. The summed E-state index contributed by atoms with van der Waals surface area (Å²) in [6.45, 7) is 2.54. The van der Waals surface area contributed by atoms with Gasteiger partial charge in [-0.05, 0) is 19.1 Å². The minimum Gasteiger partial charge on any atom is -0.329 e. The van der Waals surface area contributed by atoms with Crippen LogP contribution in [0.15, 0.2) is 35.2 Å². The summed E-state index contributed by atoms with van der Waals surface area (Å²) in [5.41, 5.74) is 0. The third kappa shape index (κ3) is 5.14. The molecule has 0 aliphatic heterocycles. The molecule has 0 fully saturated rings. The molecule has 1 unspecified atom stereocenters. The Labute approximate surface area is 109 Å². The quantitative estimate of drug-likeness (QED) is 0.621. The van der Waals surface area contributed by atoms with E-state index >= 15 is 0 Å². The molecule has 5 nitrogen and oxygen atoms in total. The zero-order chi connectivity index (χ0) is 13.8. The number of nitrogens with zero attached hydrogens (tertiary/aromatic N) is 1. The molecule has 1 aromatic carbocycles. The van der Waals surface area contributed by atoms with E-state index in [-0.39, 0.29) is 11.0 Å². The second-order valence-electron chi connectivity index (χ2n) is 5.30.